The van der Waals surface area contributed by atoms with Gasteiger partial charge >= 0.3 is 5.97 Å². The van der Waals surface area contributed by atoms with E-state index in [9.17, 15) is 14.7 Å². The summed E-state index contributed by atoms with van der Waals surface area (Å²) in [5.74, 6) is -0.177. The van der Waals surface area contributed by atoms with Crippen LogP contribution in [-0.4, -0.2) is 47.5 Å². The van der Waals surface area contributed by atoms with Crippen molar-refractivity contribution in [2.75, 3.05) is 13.7 Å². The number of thiophene rings is 1. The van der Waals surface area contributed by atoms with Gasteiger partial charge in [0.15, 0.2) is 6.10 Å². The van der Waals surface area contributed by atoms with Gasteiger partial charge in [0.25, 0.3) is 0 Å². The van der Waals surface area contributed by atoms with E-state index in [1.807, 2.05) is 24.3 Å². The summed E-state index contributed by atoms with van der Waals surface area (Å²) in [6, 6.07) is 18.0. The summed E-state index contributed by atoms with van der Waals surface area (Å²) in [6.07, 6.45) is 0.626. The monoisotopic (exact) mass is 506 g/mol. The van der Waals surface area contributed by atoms with Crippen molar-refractivity contribution in [1.29, 1.82) is 0 Å². The number of hydrogen-bond acceptors (Lipinski definition) is 6. The summed E-state index contributed by atoms with van der Waals surface area (Å²) < 4.78 is 11.3. The second kappa shape index (κ2) is 11.5. The Balaban J connectivity index is 1.38. The lowest BCUT2D eigenvalue weighted by atomic mass is 10.0. The van der Waals surface area contributed by atoms with E-state index >= 15 is 0 Å². The molecule has 1 amide bonds. The second-order valence-electron chi connectivity index (χ2n) is 8.68. The highest BCUT2D eigenvalue weighted by atomic mass is 32.1. The van der Waals surface area contributed by atoms with E-state index in [1.165, 1.54) is 15.4 Å². The molecular weight excluding hydrogens is 476 g/mol. The zero-order valence-electron chi connectivity index (χ0n) is 20.7. The zero-order chi connectivity index (χ0) is 25.7. The molecule has 0 spiro atoms. The third kappa shape index (κ3) is 6.19. The van der Waals surface area contributed by atoms with Gasteiger partial charge in [-0.25, -0.2) is 9.80 Å². The molecule has 1 aliphatic heterocycles. The van der Waals surface area contributed by atoms with Crippen molar-refractivity contribution in [3.05, 3.63) is 76.2 Å². The number of benzene rings is 2. The van der Waals surface area contributed by atoms with E-state index in [1.54, 1.807) is 25.3 Å². The molecule has 1 aliphatic rings. The maximum absolute atomic E-state index is 11.7. The number of ether oxygens (including phenoxy) is 2. The first-order valence-electron chi connectivity index (χ1n) is 11.9. The van der Waals surface area contributed by atoms with Crippen LogP contribution in [0.1, 0.15) is 41.3 Å². The minimum Gasteiger partial charge on any atom is -0.488 e. The predicted molar refractivity (Wildman–Crippen MR) is 141 cm³/mol. The Labute approximate surface area is 215 Å². The van der Waals surface area contributed by atoms with Gasteiger partial charge in [-0.2, -0.15) is 5.10 Å². The summed E-state index contributed by atoms with van der Waals surface area (Å²) in [6.45, 7) is 4.69. The third-order valence-corrected chi connectivity index (χ3v) is 7.35. The molecule has 0 saturated carbocycles. The Kier molecular flexibility index (Phi) is 8.18. The zero-order valence-corrected chi connectivity index (χ0v) is 21.5. The Hall–Kier alpha value is -3.49. The fourth-order valence-corrected chi connectivity index (χ4v) is 5.10. The van der Waals surface area contributed by atoms with Crippen LogP contribution in [0.5, 0.6) is 5.75 Å². The smallest absolute Gasteiger partial charge is 0.333 e. The molecule has 8 heteroatoms. The van der Waals surface area contributed by atoms with Gasteiger partial charge in [-0.3, -0.25) is 4.79 Å². The molecule has 3 aromatic rings. The van der Waals surface area contributed by atoms with Gasteiger partial charge in [-0.1, -0.05) is 36.4 Å². The number of carboxylic acids is 1. The van der Waals surface area contributed by atoms with Gasteiger partial charge in [0.2, 0.25) is 5.91 Å². The lowest BCUT2D eigenvalue weighted by Gasteiger charge is -2.19. The molecule has 4 rings (SSSR count). The molecule has 0 aliphatic carbocycles. The number of nitrogens with zero attached hydrogens (tertiary/aromatic N) is 2. The van der Waals surface area contributed by atoms with E-state index in [-0.39, 0.29) is 5.91 Å². The summed E-state index contributed by atoms with van der Waals surface area (Å²) in [5.41, 5.74) is 5.16. The van der Waals surface area contributed by atoms with Crippen molar-refractivity contribution >= 4 is 28.9 Å². The Morgan fingerprint density at radius 3 is 2.44 bits per heavy atom. The van der Waals surface area contributed by atoms with Gasteiger partial charge in [-0.15, -0.1) is 11.3 Å². The van der Waals surface area contributed by atoms with Gasteiger partial charge in [-0.05, 0) is 54.3 Å². The number of rotatable bonds is 10. The number of amides is 1. The average Bonchev–Trinajstić information content (AvgIpc) is 3.25. The molecule has 1 N–H and O–H groups in total. The summed E-state index contributed by atoms with van der Waals surface area (Å²) >= 11 is 1.70. The molecule has 0 fully saturated rings. The van der Waals surface area contributed by atoms with E-state index in [0.29, 0.717) is 32.5 Å². The van der Waals surface area contributed by atoms with Crippen molar-refractivity contribution in [1.82, 2.24) is 5.01 Å². The first kappa shape index (κ1) is 25.6. The van der Waals surface area contributed by atoms with Crippen molar-refractivity contribution in [2.24, 2.45) is 5.10 Å². The Morgan fingerprint density at radius 2 is 1.81 bits per heavy atom. The number of hydrogen-bond donors (Lipinski definition) is 1. The number of aryl methyl sites for hydroxylation is 1. The van der Waals surface area contributed by atoms with Crippen LogP contribution in [-0.2, 0) is 27.4 Å². The van der Waals surface area contributed by atoms with Crippen LogP contribution in [0.3, 0.4) is 0 Å². The quantitative estimate of drug-likeness (QED) is 0.404. The van der Waals surface area contributed by atoms with Gasteiger partial charge in [0, 0.05) is 42.7 Å². The molecule has 0 radical (unpaired) electrons. The number of hydrazone groups is 1. The van der Waals surface area contributed by atoms with Crippen LogP contribution in [0.15, 0.2) is 59.7 Å². The molecule has 1 atom stereocenters. The van der Waals surface area contributed by atoms with E-state index < -0.39 is 12.1 Å². The molecule has 36 heavy (non-hydrogen) atoms. The lowest BCUT2D eigenvalue weighted by molar-refractivity contribution is -0.150. The fraction of sp³-hybridized carbons (Fsp3) is 0.321. The molecule has 0 saturated heterocycles. The molecule has 2 heterocycles. The first-order valence-corrected chi connectivity index (χ1v) is 12.8. The van der Waals surface area contributed by atoms with E-state index in [0.717, 1.165) is 33.0 Å². The van der Waals surface area contributed by atoms with Crippen LogP contribution in [0, 0.1) is 6.92 Å². The van der Waals surface area contributed by atoms with Gasteiger partial charge < -0.3 is 14.6 Å². The van der Waals surface area contributed by atoms with E-state index in [4.69, 9.17) is 9.47 Å². The minimum atomic E-state index is -0.956. The minimum absolute atomic E-state index is 0.0449. The highest BCUT2D eigenvalue weighted by Crippen LogP contribution is 2.32. The largest absolute Gasteiger partial charge is 0.488 e. The molecular formula is C28H30N2O5S. The van der Waals surface area contributed by atoms with Crippen LogP contribution in [0.25, 0.3) is 10.4 Å². The normalized spacial score (nSPS) is 14.5. The second-order valence-corrected chi connectivity index (χ2v) is 9.81. The predicted octanol–water partition coefficient (Wildman–Crippen LogP) is 5.29. The fourth-order valence-electron chi connectivity index (χ4n) is 4.01. The maximum atomic E-state index is 11.7. The average molecular weight is 507 g/mol. The summed E-state index contributed by atoms with van der Waals surface area (Å²) in [7, 11) is 1.69. The van der Waals surface area contributed by atoms with Crippen LogP contribution < -0.4 is 4.74 Å². The van der Waals surface area contributed by atoms with Crippen LogP contribution in [0.2, 0.25) is 0 Å². The standard InChI is InChI=1S/C28H30N2O5S/c1-4-34-24(28(32)33)16-19-5-11-22(12-6-19)35-17-26-18(2)15-25(36-26)21-9-7-20(8-10-21)23-13-14-27(31)30(3)29-23/h5-12,15,24H,4,13-14,16-17H2,1-3H3,(H,32,33). The maximum Gasteiger partial charge on any atom is 0.333 e. The molecule has 7 nitrogen and oxygen atoms in total. The van der Waals surface area contributed by atoms with Crippen LogP contribution in [0.4, 0.5) is 0 Å². The number of aliphatic carboxylic acids is 1. The Bertz CT molecular complexity index is 1250. The molecule has 1 aromatic heterocycles. The van der Waals surface area contributed by atoms with Crippen molar-refractivity contribution < 1.29 is 24.2 Å². The number of carbonyl (C=O) groups is 2. The van der Waals surface area contributed by atoms with Crippen molar-refractivity contribution in [3.63, 3.8) is 0 Å². The number of carbonyl (C=O) groups excluding carboxylic acids is 1. The molecule has 2 aromatic carbocycles. The van der Waals surface area contributed by atoms with Crippen LogP contribution >= 0.6 is 11.3 Å². The van der Waals surface area contributed by atoms with Crippen molar-refractivity contribution in [2.45, 2.75) is 45.8 Å². The highest BCUT2D eigenvalue weighted by Gasteiger charge is 2.19. The number of carboxylic acid groups (broad SMARTS) is 1. The first-order chi connectivity index (χ1) is 17.3. The topological polar surface area (TPSA) is 88.4 Å². The van der Waals surface area contributed by atoms with Crippen molar-refractivity contribution in [3.8, 4) is 16.2 Å². The van der Waals surface area contributed by atoms with Gasteiger partial charge in [0.05, 0.1) is 5.71 Å². The summed E-state index contributed by atoms with van der Waals surface area (Å²) in [5, 5.41) is 15.1. The SMILES string of the molecule is CCOC(Cc1ccc(OCc2sc(-c3ccc(C4=NN(C)C(=O)CC4)cc3)cc2C)cc1)C(=O)O. The summed E-state index contributed by atoms with van der Waals surface area (Å²) in [4.78, 5) is 25.3. The third-order valence-electron chi connectivity index (χ3n) is 6.09. The lowest BCUT2D eigenvalue weighted by Crippen LogP contribution is -2.28. The molecule has 188 valence electrons. The Morgan fingerprint density at radius 1 is 1.11 bits per heavy atom. The van der Waals surface area contributed by atoms with Gasteiger partial charge in [0.1, 0.15) is 12.4 Å². The highest BCUT2D eigenvalue weighted by molar-refractivity contribution is 7.15. The molecule has 0 bridgehead atoms. The van der Waals surface area contributed by atoms with E-state index in [2.05, 4.69) is 42.4 Å². The molecule has 1 unspecified atom stereocenters.